The van der Waals surface area contributed by atoms with Crippen LogP contribution in [0.2, 0.25) is 0 Å². The number of aromatic amines is 1. The summed E-state index contributed by atoms with van der Waals surface area (Å²) >= 11 is 0. The van der Waals surface area contributed by atoms with Crippen LogP contribution in [0.25, 0.3) is 22.2 Å². The number of aryl methyl sites for hydroxylation is 1. The van der Waals surface area contributed by atoms with Crippen molar-refractivity contribution in [2.75, 3.05) is 0 Å². The predicted molar refractivity (Wildman–Crippen MR) is 76.4 cm³/mol. The Labute approximate surface area is 110 Å². The Kier molecular flexibility index (Phi) is 2.60. The molecule has 3 heteroatoms. The summed E-state index contributed by atoms with van der Waals surface area (Å²) in [6, 6.07) is 14.8. The Bertz CT molecular complexity index is 801. The van der Waals surface area contributed by atoms with Gasteiger partial charge in [0.2, 0.25) is 5.43 Å². The average Bonchev–Trinajstić information content (AvgIpc) is 2.44. The van der Waals surface area contributed by atoms with E-state index in [1.165, 1.54) is 0 Å². The Balaban J connectivity index is 2.33. The van der Waals surface area contributed by atoms with E-state index in [2.05, 4.69) is 4.98 Å². The number of rotatable bonds is 1. The number of pyridine rings is 1. The lowest BCUT2D eigenvalue weighted by molar-refractivity contribution is 0.471. The van der Waals surface area contributed by atoms with Crippen molar-refractivity contribution in [2.45, 2.75) is 6.92 Å². The summed E-state index contributed by atoms with van der Waals surface area (Å²) < 4.78 is 0. The number of benzene rings is 2. The minimum absolute atomic E-state index is 0.234. The fourth-order valence-corrected chi connectivity index (χ4v) is 2.15. The van der Waals surface area contributed by atoms with Crippen LogP contribution >= 0.6 is 0 Å². The van der Waals surface area contributed by atoms with Gasteiger partial charge in [-0.15, -0.1) is 0 Å². The van der Waals surface area contributed by atoms with Crippen molar-refractivity contribution < 1.29 is 5.11 Å². The van der Waals surface area contributed by atoms with Gasteiger partial charge >= 0.3 is 0 Å². The first kappa shape index (κ1) is 11.5. The summed E-state index contributed by atoms with van der Waals surface area (Å²) in [7, 11) is 0. The lowest BCUT2D eigenvalue weighted by atomic mass is 10.1. The van der Waals surface area contributed by atoms with Crippen molar-refractivity contribution in [2.24, 2.45) is 0 Å². The van der Waals surface area contributed by atoms with Crippen LogP contribution in [0, 0.1) is 6.92 Å². The number of aromatic hydroxyl groups is 1. The largest absolute Gasteiger partial charge is 0.503 e. The van der Waals surface area contributed by atoms with Gasteiger partial charge in [0.25, 0.3) is 0 Å². The number of H-pyrrole nitrogens is 1. The smallest absolute Gasteiger partial charge is 0.231 e. The van der Waals surface area contributed by atoms with E-state index in [1.807, 2.05) is 43.3 Å². The molecule has 1 aromatic heterocycles. The van der Waals surface area contributed by atoms with Gasteiger partial charge in [0.1, 0.15) is 0 Å². The fraction of sp³-hybridized carbons (Fsp3) is 0.0625. The minimum Gasteiger partial charge on any atom is -0.503 e. The van der Waals surface area contributed by atoms with E-state index >= 15 is 0 Å². The minimum atomic E-state index is -0.343. The standard InChI is InChI=1S/C16H13NO2/c1-10-6-8-11(9-7-10)14-16(19)15(18)12-4-2-3-5-13(12)17-14/h2-9,19H,1H3,(H,17,18). The molecule has 0 bridgehead atoms. The van der Waals surface area contributed by atoms with E-state index in [0.29, 0.717) is 11.1 Å². The van der Waals surface area contributed by atoms with Gasteiger partial charge in [-0.3, -0.25) is 4.79 Å². The maximum atomic E-state index is 12.1. The van der Waals surface area contributed by atoms with E-state index in [9.17, 15) is 9.90 Å². The SMILES string of the molecule is Cc1ccc(-c2[nH]c3ccccc3c(=O)c2O)cc1. The van der Waals surface area contributed by atoms with E-state index in [-0.39, 0.29) is 11.2 Å². The molecule has 0 saturated carbocycles. The highest BCUT2D eigenvalue weighted by Crippen LogP contribution is 2.26. The second-order valence-corrected chi connectivity index (χ2v) is 4.59. The maximum absolute atomic E-state index is 12.1. The van der Waals surface area contributed by atoms with Crippen molar-refractivity contribution in [3.63, 3.8) is 0 Å². The van der Waals surface area contributed by atoms with E-state index in [0.717, 1.165) is 16.6 Å². The van der Waals surface area contributed by atoms with Gasteiger partial charge in [0.15, 0.2) is 5.75 Å². The number of fused-ring (bicyclic) bond motifs is 1. The van der Waals surface area contributed by atoms with E-state index in [1.54, 1.807) is 12.1 Å². The molecule has 0 aliphatic carbocycles. The molecule has 3 aromatic rings. The van der Waals surface area contributed by atoms with Crippen LogP contribution in [-0.4, -0.2) is 10.1 Å². The summed E-state index contributed by atoms with van der Waals surface area (Å²) in [4.78, 5) is 15.2. The lowest BCUT2D eigenvalue weighted by Gasteiger charge is -2.07. The maximum Gasteiger partial charge on any atom is 0.231 e. The van der Waals surface area contributed by atoms with Crippen molar-refractivity contribution in [1.29, 1.82) is 0 Å². The van der Waals surface area contributed by atoms with Crippen LogP contribution in [0.15, 0.2) is 53.3 Å². The van der Waals surface area contributed by atoms with Crippen LogP contribution in [-0.2, 0) is 0 Å². The monoisotopic (exact) mass is 251 g/mol. The fourth-order valence-electron chi connectivity index (χ4n) is 2.15. The number of aromatic nitrogens is 1. The molecular formula is C16H13NO2. The van der Waals surface area contributed by atoms with Crippen molar-refractivity contribution in [1.82, 2.24) is 4.98 Å². The molecule has 3 rings (SSSR count). The Hall–Kier alpha value is -2.55. The number of para-hydroxylation sites is 1. The molecule has 94 valence electrons. The van der Waals surface area contributed by atoms with Crippen LogP contribution < -0.4 is 5.43 Å². The highest BCUT2D eigenvalue weighted by molar-refractivity contribution is 5.84. The molecule has 1 heterocycles. The molecule has 0 fully saturated rings. The van der Waals surface area contributed by atoms with Gasteiger partial charge in [-0.1, -0.05) is 42.0 Å². The van der Waals surface area contributed by atoms with Crippen LogP contribution in [0.3, 0.4) is 0 Å². The number of hydrogen-bond acceptors (Lipinski definition) is 2. The molecule has 0 atom stereocenters. The van der Waals surface area contributed by atoms with Crippen molar-refractivity contribution >= 4 is 10.9 Å². The number of nitrogens with one attached hydrogen (secondary N) is 1. The summed E-state index contributed by atoms with van der Waals surface area (Å²) in [5.74, 6) is -0.234. The predicted octanol–water partition coefficient (Wildman–Crippen LogP) is 3.21. The van der Waals surface area contributed by atoms with E-state index < -0.39 is 0 Å². The molecule has 19 heavy (non-hydrogen) atoms. The Morgan fingerprint density at radius 3 is 2.42 bits per heavy atom. The molecule has 0 unspecified atom stereocenters. The molecule has 0 amide bonds. The lowest BCUT2D eigenvalue weighted by Crippen LogP contribution is -2.04. The summed E-state index contributed by atoms with van der Waals surface area (Å²) in [6.45, 7) is 1.99. The van der Waals surface area contributed by atoms with Gasteiger partial charge in [-0.05, 0) is 19.1 Å². The van der Waals surface area contributed by atoms with Crippen molar-refractivity contribution in [3.05, 3.63) is 64.3 Å². The topological polar surface area (TPSA) is 53.1 Å². The molecule has 0 saturated heterocycles. The van der Waals surface area contributed by atoms with Crippen LogP contribution in [0.5, 0.6) is 5.75 Å². The highest BCUT2D eigenvalue weighted by Gasteiger charge is 2.11. The molecule has 2 N–H and O–H groups in total. The quantitative estimate of drug-likeness (QED) is 0.697. The van der Waals surface area contributed by atoms with Gasteiger partial charge in [-0.2, -0.15) is 0 Å². The molecular weight excluding hydrogens is 238 g/mol. The van der Waals surface area contributed by atoms with Gasteiger partial charge in [0, 0.05) is 16.5 Å². The third kappa shape index (κ3) is 1.89. The zero-order valence-corrected chi connectivity index (χ0v) is 10.5. The zero-order valence-electron chi connectivity index (χ0n) is 10.5. The number of hydrogen-bond donors (Lipinski definition) is 2. The first-order valence-corrected chi connectivity index (χ1v) is 6.08. The van der Waals surface area contributed by atoms with Crippen molar-refractivity contribution in [3.8, 4) is 17.0 Å². The summed E-state index contributed by atoms with van der Waals surface area (Å²) in [6.07, 6.45) is 0. The molecule has 3 nitrogen and oxygen atoms in total. The van der Waals surface area contributed by atoms with Crippen LogP contribution in [0.1, 0.15) is 5.56 Å². The average molecular weight is 251 g/mol. The third-order valence-electron chi connectivity index (χ3n) is 3.22. The third-order valence-corrected chi connectivity index (χ3v) is 3.22. The van der Waals surface area contributed by atoms with Crippen LogP contribution in [0.4, 0.5) is 0 Å². The second kappa shape index (κ2) is 4.28. The van der Waals surface area contributed by atoms with Gasteiger partial charge in [-0.25, -0.2) is 0 Å². The normalized spacial score (nSPS) is 10.8. The summed E-state index contributed by atoms with van der Waals surface area (Å²) in [5.41, 5.74) is 2.77. The molecule has 0 aliphatic heterocycles. The molecule has 0 aliphatic rings. The first-order valence-electron chi connectivity index (χ1n) is 6.08. The molecule has 0 radical (unpaired) electrons. The molecule has 0 spiro atoms. The highest BCUT2D eigenvalue weighted by atomic mass is 16.3. The zero-order chi connectivity index (χ0) is 13.4. The van der Waals surface area contributed by atoms with E-state index in [4.69, 9.17) is 0 Å². The Morgan fingerprint density at radius 2 is 1.68 bits per heavy atom. The second-order valence-electron chi connectivity index (χ2n) is 4.59. The summed E-state index contributed by atoms with van der Waals surface area (Å²) in [5, 5.41) is 10.6. The van der Waals surface area contributed by atoms with Gasteiger partial charge < -0.3 is 10.1 Å². The molecule has 2 aromatic carbocycles. The van der Waals surface area contributed by atoms with Gasteiger partial charge in [0.05, 0.1) is 5.69 Å². The Morgan fingerprint density at radius 1 is 1.00 bits per heavy atom. The first-order chi connectivity index (χ1) is 9.16.